The van der Waals surface area contributed by atoms with Crippen molar-refractivity contribution in [2.75, 3.05) is 19.8 Å². The van der Waals surface area contributed by atoms with Crippen LogP contribution in [0.2, 0.25) is 0 Å². The maximum absolute atomic E-state index is 11.6. The Hall–Kier alpha value is -2.18. The first-order valence-electron chi connectivity index (χ1n) is 7.66. The van der Waals surface area contributed by atoms with Crippen molar-refractivity contribution in [2.45, 2.75) is 27.1 Å². The van der Waals surface area contributed by atoms with Crippen LogP contribution in [0.4, 0.5) is 0 Å². The quantitative estimate of drug-likeness (QED) is 0.547. The Balaban J connectivity index is 2.14. The van der Waals surface area contributed by atoms with Gasteiger partial charge in [0.05, 0.1) is 6.61 Å². The summed E-state index contributed by atoms with van der Waals surface area (Å²) in [5, 5.41) is 3.90. The highest BCUT2D eigenvalue weighted by molar-refractivity contribution is 5.87. The molecule has 23 heavy (non-hydrogen) atoms. The lowest BCUT2D eigenvalue weighted by molar-refractivity contribution is -0.140. The lowest BCUT2D eigenvalue weighted by Gasteiger charge is -2.17. The summed E-state index contributed by atoms with van der Waals surface area (Å²) in [6, 6.07) is 9.14. The van der Waals surface area contributed by atoms with Gasteiger partial charge in [-0.3, -0.25) is 0 Å². The molecule has 1 aromatic heterocycles. The van der Waals surface area contributed by atoms with Crippen LogP contribution in [-0.2, 0) is 14.2 Å². The molecule has 0 aliphatic rings. The first-order valence-corrected chi connectivity index (χ1v) is 7.66. The van der Waals surface area contributed by atoms with E-state index in [0.717, 1.165) is 11.1 Å². The number of ether oxygens (including phenoxy) is 3. The summed E-state index contributed by atoms with van der Waals surface area (Å²) in [6.45, 7) is 7.01. The van der Waals surface area contributed by atoms with Crippen LogP contribution in [0, 0.1) is 0 Å². The van der Waals surface area contributed by atoms with Gasteiger partial charge in [-0.05, 0) is 20.8 Å². The number of carbonyl (C=O) groups excluding carboxylic acids is 1. The second-order valence-electron chi connectivity index (χ2n) is 4.66. The normalized spacial score (nSPS) is 11.0. The molecule has 0 atom stereocenters. The molecule has 0 fully saturated rings. The van der Waals surface area contributed by atoms with Crippen LogP contribution >= 0.6 is 0 Å². The zero-order chi connectivity index (χ0) is 16.7. The van der Waals surface area contributed by atoms with Crippen LogP contribution in [0.25, 0.3) is 11.3 Å². The average Bonchev–Trinajstić information content (AvgIpc) is 3.05. The van der Waals surface area contributed by atoms with E-state index in [2.05, 4.69) is 5.16 Å². The summed E-state index contributed by atoms with van der Waals surface area (Å²) in [4.78, 5) is 11.6. The highest BCUT2D eigenvalue weighted by Gasteiger charge is 2.16. The number of benzene rings is 1. The van der Waals surface area contributed by atoms with E-state index in [1.165, 1.54) is 0 Å². The third kappa shape index (κ3) is 4.40. The molecule has 2 aromatic rings. The van der Waals surface area contributed by atoms with E-state index >= 15 is 0 Å². The highest BCUT2D eigenvalue weighted by Crippen LogP contribution is 2.24. The van der Waals surface area contributed by atoms with E-state index < -0.39 is 5.97 Å². The zero-order valence-electron chi connectivity index (χ0n) is 13.6. The minimum Gasteiger partial charge on any atom is -0.460 e. The number of hydrogen-bond donors (Lipinski definition) is 0. The minimum absolute atomic E-state index is 0.0902. The molecule has 0 spiro atoms. The summed E-state index contributed by atoms with van der Waals surface area (Å²) in [5.41, 5.74) is 2.33. The van der Waals surface area contributed by atoms with Crippen LogP contribution in [0.1, 0.15) is 43.2 Å². The predicted octanol–water partition coefficient (Wildman–Crippen LogP) is 3.59. The summed E-state index contributed by atoms with van der Waals surface area (Å²) in [7, 11) is 0. The predicted molar refractivity (Wildman–Crippen MR) is 83.9 cm³/mol. The lowest BCUT2D eigenvalue weighted by Crippen LogP contribution is -2.08. The molecule has 124 valence electrons. The smallest absolute Gasteiger partial charge is 0.377 e. The maximum Gasteiger partial charge on any atom is 0.377 e. The molecule has 0 saturated carbocycles. The summed E-state index contributed by atoms with van der Waals surface area (Å²) < 4.78 is 21.0. The van der Waals surface area contributed by atoms with Gasteiger partial charge in [0.2, 0.25) is 5.76 Å². The van der Waals surface area contributed by atoms with Crippen LogP contribution < -0.4 is 0 Å². The van der Waals surface area contributed by atoms with Gasteiger partial charge >= 0.3 is 5.97 Å². The Morgan fingerprint density at radius 3 is 2.30 bits per heavy atom. The Morgan fingerprint density at radius 1 is 1.09 bits per heavy atom. The SMILES string of the molecule is CCOC(=O)c1cc(-c2ccc(C(OCC)OCC)cc2)no1. The summed E-state index contributed by atoms with van der Waals surface area (Å²) >= 11 is 0. The Bertz CT molecular complexity index is 614. The van der Waals surface area contributed by atoms with Crippen molar-refractivity contribution in [1.29, 1.82) is 0 Å². The summed E-state index contributed by atoms with van der Waals surface area (Å²) in [6.07, 6.45) is -0.383. The zero-order valence-corrected chi connectivity index (χ0v) is 13.6. The highest BCUT2D eigenvalue weighted by atomic mass is 16.7. The number of hydrogen-bond acceptors (Lipinski definition) is 6. The van der Waals surface area contributed by atoms with Gasteiger partial charge < -0.3 is 18.7 Å². The standard InChI is InChI=1S/C17H21NO5/c1-4-20-16(19)15-11-14(18-23-15)12-7-9-13(10-8-12)17(21-5-2)22-6-3/h7-11,17H,4-6H2,1-3H3. The second kappa shape index (κ2) is 8.45. The minimum atomic E-state index is -0.518. The monoisotopic (exact) mass is 319 g/mol. The van der Waals surface area contributed by atoms with Gasteiger partial charge in [0.1, 0.15) is 5.69 Å². The Labute approximate surface area is 135 Å². The maximum atomic E-state index is 11.6. The first kappa shape index (κ1) is 17.2. The molecule has 0 amide bonds. The van der Waals surface area contributed by atoms with E-state index in [1.54, 1.807) is 13.0 Å². The third-order valence-electron chi connectivity index (χ3n) is 3.10. The van der Waals surface area contributed by atoms with E-state index in [4.69, 9.17) is 18.7 Å². The lowest BCUT2D eigenvalue weighted by atomic mass is 10.1. The largest absolute Gasteiger partial charge is 0.460 e. The molecule has 0 bridgehead atoms. The van der Waals surface area contributed by atoms with Gasteiger partial charge in [-0.25, -0.2) is 4.79 Å². The molecular weight excluding hydrogens is 298 g/mol. The number of carbonyl (C=O) groups is 1. The molecule has 0 aliphatic heterocycles. The molecule has 1 heterocycles. The van der Waals surface area contributed by atoms with Crippen molar-refractivity contribution in [2.24, 2.45) is 0 Å². The fraction of sp³-hybridized carbons (Fsp3) is 0.412. The third-order valence-corrected chi connectivity index (χ3v) is 3.10. The van der Waals surface area contributed by atoms with Crippen LogP contribution in [-0.4, -0.2) is 30.9 Å². The fourth-order valence-electron chi connectivity index (χ4n) is 2.06. The average molecular weight is 319 g/mol. The van der Waals surface area contributed by atoms with E-state index in [1.807, 2.05) is 38.1 Å². The second-order valence-corrected chi connectivity index (χ2v) is 4.66. The fourth-order valence-corrected chi connectivity index (χ4v) is 2.06. The van der Waals surface area contributed by atoms with Gasteiger partial charge in [0.15, 0.2) is 6.29 Å². The van der Waals surface area contributed by atoms with Crippen LogP contribution in [0.5, 0.6) is 0 Å². The van der Waals surface area contributed by atoms with Crippen molar-refractivity contribution in [1.82, 2.24) is 5.16 Å². The number of esters is 1. The van der Waals surface area contributed by atoms with Gasteiger partial charge in [0, 0.05) is 30.4 Å². The molecule has 0 saturated heterocycles. The molecule has 0 aliphatic carbocycles. The topological polar surface area (TPSA) is 70.8 Å². The Morgan fingerprint density at radius 2 is 1.74 bits per heavy atom. The molecular formula is C17H21NO5. The molecule has 0 unspecified atom stereocenters. The number of rotatable bonds is 8. The van der Waals surface area contributed by atoms with E-state index in [-0.39, 0.29) is 12.1 Å². The number of nitrogens with zero attached hydrogens (tertiary/aromatic N) is 1. The van der Waals surface area contributed by atoms with E-state index in [0.29, 0.717) is 25.5 Å². The van der Waals surface area contributed by atoms with Gasteiger partial charge in [0.25, 0.3) is 0 Å². The molecule has 1 aromatic carbocycles. The van der Waals surface area contributed by atoms with Crippen molar-refractivity contribution in [3.63, 3.8) is 0 Å². The van der Waals surface area contributed by atoms with Crippen molar-refractivity contribution >= 4 is 5.97 Å². The van der Waals surface area contributed by atoms with Gasteiger partial charge in [-0.1, -0.05) is 29.4 Å². The molecule has 6 nitrogen and oxygen atoms in total. The number of aromatic nitrogens is 1. The van der Waals surface area contributed by atoms with Crippen molar-refractivity contribution < 1.29 is 23.5 Å². The van der Waals surface area contributed by atoms with Crippen molar-refractivity contribution in [3.8, 4) is 11.3 Å². The molecule has 2 rings (SSSR count). The Kier molecular flexibility index (Phi) is 6.31. The molecule has 0 N–H and O–H groups in total. The van der Waals surface area contributed by atoms with Gasteiger partial charge in [-0.2, -0.15) is 0 Å². The summed E-state index contributed by atoms with van der Waals surface area (Å²) in [5.74, 6) is -0.428. The van der Waals surface area contributed by atoms with Gasteiger partial charge in [-0.15, -0.1) is 0 Å². The van der Waals surface area contributed by atoms with Crippen LogP contribution in [0.15, 0.2) is 34.9 Å². The van der Waals surface area contributed by atoms with Crippen LogP contribution in [0.3, 0.4) is 0 Å². The molecule has 0 radical (unpaired) electrons. The first-order chi connectivity index (χ1) is 11.2. The molecule has 6 heteroatoms. The van der Waals surface area contributed by atoms with Crippen molar-refractivity contribution in [3.05, 3.63) is 41.7 Å². The van der Waals surface area contributed by atoms with E-state index in [9.17, 15) is 4.79 Å².